The van der Waals surface area contributed by atoms with E-state index >= 15 is 0 Å². The molecule has 0 saturated heterocycles. The molecule has 0 saturated carbocycles. The number of nitrogens with two attached hydrogens (primary N) is 1. The van der Waals surface area contributed by atoms with Crippen molar-refractivity contribution in [3.8, 4) is 5.75 Å². The van der Waals surface area contributed by atoms with Gasteiger partial charge in [0.1, 0.15) is 11.6 Å². The zero-order valence-electron chi connectivity index (χ0n) is 13.1. The normalized spacial score (nSPS) is 12.6. The molecule has 0 bridgehead atoms. The number of hydrogen-bond acceptors (Lipinski definition) is 4. The van der Waals surface area contributed by atoms with Crippen molar-refractivity contribution in [2.24, 2.45) is 11.7 Å². The second-order valence-electron chi connectivity index (χ2n) is 5.37. The third-order valence-electron chi connectivity index (χ3n) is 4.13. The quantitative estimate of drug-likeness (QED) is 0.819. The van der Waals surface area contributed by atoms with E-state index in [-0.39, 0.29) is 6.04 Å². The highest BCUT2D eigenvalue weighted by Crippen LogP contribution is 2.25. The minimum Gasteiger partial charge on any atom is -0.497 e. The molecule has 3 N–H and O–H groups in total. The molecule has 1 unspecified atom stereocenters. The highest BCUT2D eigenvalue weighted by molar-refractivity contribution is 5.92. The fraction of sp³-hybridized carbons (Fsp3) is 0.471. The number of rotatable bonds is 7. The summed E-state index contributed by atoms with van der Waals surface area (Å²) in [5.41, 5.74) is 6.27. The Labute approximate surface area is 126 Å². The van der Waals surface area contributed by atoms with Gasteiger partial charge in [-0.3, -0.25) is 0 Å². The van der Waals surface area contributed by atoms with Crippen molar-refractivity contribution in [1.82, 2.24) is 4.98 Å². The lowest BCUT2D eigenvalue weighted by Gasteiger charge is -2.22. The van der Waals surface area contributed by atoms with Gasteiger partial charge in [0, 0.05) is 24.2 Å². The Kier molecular flexibility index (Phi) is 5.39. The first-order valence-corrected chi connectivity index (χ1v) is 7.61. The van der Waals surface area contributed by atoms with Crippen molar-refractivity contribution in [3.05, 3.63) is 30.5 Å². The van der Waals surface area contributed by atoms with Crippen LogP contribution in [0.3, 0.4) is 0 Å². The highest BCUT2D eigenvalue weighted by Gasteiger charge is 2.14. The van der Waals surface area contributed by atoms with Gasteiger partial charge < -0.3 is 15.8 Å². The largest absolute Gasteiger partial charge is 0.497 e. The third kappa shape index (κ3) is 3.64. The molecule has 0 aliphatic carbocycles. The summed E-state index contributed by atoms with van der Waals surface area (Å²) in [7, 11) is 1.67. The standard InChI is InChI=1S/C17H25N3O/c1-4-12(5-2)16(18)11-20-17-15-10-14(21-3)7-6-13(15)8-9-19-17/h6-10,12,16H,4-5,11,18H2,1-3H3,(H,19,20). The fourth-order valence-corrected chi connectivity index (χ4v) is 2.69. The van der Waals surface area contributed by atoms with E-state index in [2.05, 4.69) is 24.1 Å². The second kappa shape index (κ2) is 7.27. The number of pyridine rings is 1. The zero-order valence-corrected chi connectivity index (χ0v) is 13.1. The summed E-state index contributed by atoms with van der Waals surface area (Å²) in [6.45, 7) is 5.11. The molecule has 1 heterocycles. The van der Waals surface area contributed by atoms with E-state index in [4.69, 9.17) is 10.5 Å². The SMILES string of the molecule is CCC(CC)C(N)CNc1nccc2ccc(OC)cc12. The summed E-state index contributed by atoms with van der Waals surface area (Å²) >= 11 is 0. The van der Waals surface area contributed by atoms with Crippen molar-refractivity contribution in [3.63, 3.8) is 0 Å². The minimum atomic E-state index is 0.141. The van der Waals surface area contributed by atoms with E-state index < -0.39 is 0 Å². The van der Waals surface area contributed by atoms with Crippen molar-refractivity contribution in [1.29, 1.82) is 0 Å². The Bertz CT molecular complexity index is 581. The second-order valence-corrected chi connectivity index (χ2v) is 5.37. The van der Waals surface area contributed by atoms with Crippen LogP contribution in [-0.4, -0.2) is 24.7 Å². The molecule has 21 heavy (non-hydrogen) atoms. The molecule has 0 amide bonds. The molecular formula is C17H25N3O. The van der Waals surface area contributed by atoms with E-state index in [0.29, 0.717) is 5.92 Å². The fourth-order valence-electron chi connectivity index (χ4n) is 2.69. The molecule has 0 aliphatic rings. The Morgan fingerprint density at radius 2 is 2.00 bits per heavy atom. The van der Waals surface area contributed by atoms with E-state index in [1.54, 1.807) is 7.11 Å². The molecular weight excluding hydrogens is 262 g/mol. The maximum atomic E-state index is 6.27. The molecule has 1 atom stereocenters. The van der Waals surface area contributed by atoms with Gasteiger partial charge in [-0.05, 0) is 29.5 Å². The predicted molar refractivity (Wildman–Crippen MR) is 88.8 cm³/mol. The van der Waals surface area contributed by atoms with Crippen LogP contribution in [0.2, 0.25) is 0 Å². The summed E-state index contributed by atoms with van der Waals surface area (Å²) in [5, 5.41) is 5.60. The number of benzene rings is 1. The Morgan fingerprint density at radius 3 is 2.67 bits per heavy atom. The van der Waals surface area contributed by atoms with Crippen LogP contribution in [0.25, 0.3) is 10.8 Å². The van der Waals surface area contributed by atoms with E-state index in [1.165, 1.54) is 0 Å². The first-order valence-electron chi connectivity index (χ1n) is 7.61. The van der Waals surface area contributed by atoms with Gasteiger partial charge in [0.2, 0.25) is 0 Å². The van der Waals surface area contributed by atoms with Gasteiger partial charge in [0.05, 0.1) is 7.11 Å². The number of aromatic nitrogens is 1. The molecule has 1 aromatic carbocycles. The summed E-state index contributed by atoms with van der Waals surface area (Å²) < 4.78 is 5.30. The number of hydrogen-bond donors (Lipinski definition) is 2. The lowest BCUT2D eigenvalue weighted by atomic mass is 9.95. The number of ether oxygens (including phenoxy) is 1. The average Bonchev–Trinajstić information content (AvgIpc) is 2.53. The van der Waals surface area contributed by atoms with E-state index in [9.17, 15) is 0 Å². The van der Waals surface area contributed by atoms with Gasteiger partial charge in [-0.15, -0.1) is 0 Å². The highest BCUT2D eigenvalue weighted by atomic mass is 16.5. The summed E-state index contributed by atoms with van der Waals surface area (Å²) in [6.07, 6.45) is 4.03. The van der Waals surface area contributed by atoms with Crippen molar-refractivity contribution >= 4 is 16.6 Å². The maximum Gasteiger partial charge on any atom is 0.134 e. The number of anilines is 1. The van der Waals surface area contributed by atoms with Crippen LogP contribution in [0, 0.1) is 5.92 Å². The van der Waals surface area contributed by atoms with Gasteiger partial charge in [-0.25, -0.2) is 4.98 Å². The van der Waals surface area contributed by atoms with Crippen LogP contribution in [-0.2, 0) is 0 Å². The molecule has 1 aromatic heterocycles. The topological polar surface area (TPSA) is 60.2 Å². The van der Waals surface area contributed by atoms with Gasteiger partial charge in [-0.2, -0.15) is 0 Å². The lowest BCUT2D eigenvalue weighted by Crippen LogP contribution is -2.36. The van der Waals surface area contributed by atoms with Crippen molar-refractivity contribution in [2.75, 3.05) is 19.0 Å². The minimum absolute atomic E-state index is 0.141. The van der Waals surface area contributed by atoms with Gasteiger partial charge >= 0.3 is 0 Å². The molecule has 4 nitrogen and oxygen atoms in total. The van der Waals surface area contributed by atoms with Crippen molar-refractivity contribution < 1.29 is 4.74 Å². The lowest BCUT2D eigenvalue weighted by molar-refractivity contribution is 0.407. The third-order valence-corrected chi connectivity index (χ3v) is 4.13. The number of nitrogens with zero attached hydrogens (tertiary/aromatic N) is 1. The van der Waals surface area contributed by atoms with Gasteiger partial charge in [0.15, 0.2) is 0 Å². The Morgan fingerprint density at radius 1 is 1.24 bits per heavy atom. The van der Waals surface area contributed by atoms with Crippen molar-refractivity contribution in [2.45, 2.75) is 32.7 Å². The monoisotopic (exact) mass is 287 g/mol. The molecule has 0 fully saturated rings. The smallest absolute Gasteiger partial charge is 0.134 e. The first kappa shape index (κ1) is 15.6. The van der Waals surface area contributed by atoms with E-state index in [1.807, 2.05) is 30.5 Å². The molecule has 0 spiro atoms. The molecule has 4 heteroatoms. The van der Waals surface area contributed by atoms with Crippen LogP contribution in [0.1, 0.15) is 26.7 Å². The van der Waals surface area contributed by atoms with Gasteiger partial charge in [-0.1, -0.05) is 32.8 Å². The summed E-state index contributed by atoms with van der Waals surface area (Å²) in [5.74, 6) is 2.25. The summed E-state index contributed by atoms with van der Waals surface area (Å²) in [6, 6.07) is 8.15. The average molecular weight is 287 g/mol. The molecule has 114 valence electrons. The van der Waals surface area contributed by atoms with Gasteiger partial charge in [0.25, 0.3) is 0 Å². The Balaban J connectivity index is 2.18. The first-order chi connectivity index (χ1) is 10.2. The van der Waals surface area contributed by atoms with Crippen LogP contribution in [0.5, 0.6) is 5.75 Å². The molecule has 0 aliphatic heterocycles. The van der Waals surface area contributed by atoms with Crippen LogP contribution in [0.4, 0.5) is 5.82 Å². The maximum absolute atomic E-state index is 6.27. The van der Waals surface area contributed by atoms with Crippen LogP contribution >= 0.6 is 0 Å². The molecule has 0 radical (unpaired) electrons. The molecule has 2 rings (SSSR count). The zero-order chi connectivity index (χ0) is 15.2. The number of methoxy groups -OCH3 is 1. The Hall–Kier alpha value is -1.81. The number of nitrogens with one attached hydrogen (secondary N) is 1. The van der Waals surface area contributed by atoms with Crippen LogP contribution in [0.15, 0.2) is 30.5 Å². The van der Waals surface area contributed by atoms with E-state index in [0.717, 1.165) is 41.7 Å². The predicted octanol–water partition coefficient (Wildman–Crippen LogP) is 3.42. The van der Waals surface area contributed by atoms with Crippen LogP contribution < -0.4 is 15.8 Å². The summed E-state index contributed by atoms with van der Waals surface area (Å²) in [4.78, 5) is 4.44. The number of fused-ring (bicyclic) bond motifs is 1. The molecule has 2 aromatic rings.